The van der Waals surface area contributed by atoms with Gasteiger partial charge in [-0.25, -0.2) is 9.97 Å². The van der Waals surface area contributed by atoms with Gasteiger partial charge < -0.3 is 10.2 Å². The second-order valence-electron chi connectivity index (χ2n) is 6.95. The Kier molecular flexibility index (Phi) is 5.22. The van der Waals surface area contributed by atoms with Crippen LogP contribution in [-0.4, -0.2) is 28.0 Å². The van der Waals surface area contributed by atoms with E-state index in [1.165, 1.54) is 0 Å². The van der Waals surface area contributed by atoms with E-state index in [0.717, 1.165) is 11.3 Å². The number of rotatable bonds is 4. The minimum absolute atomic E-state index is 0.120. The van der Waals surface area contributed by atoms with Crippen LogP contribution in [0.1, 0.15) is 49.6 Å². The maximum Gasteiger partial charge on any atom is 0.277 e. The third-order valence-corrected chi connectivity index (χ3v) is 3.43. The van der Waals surface area contributed by atoms with Crippen LogP contribution in [0.5, 0.6) is 0 Å². The number of carbonyl (C=O) groups is 1. The molecule has 1 aromatic heterocycles. The van der Waals surface area contributed by atoms with E-state index in [2.05, 4.69) is 36.1 Å². The second kappa shape index (κ2) is 6.99. The molecular formula is C19H26N4O. The van der Waals surface area contributed by atoms with Crippen molar-refractivity contribution >= 4 is 17.4 Å². The normalized spacial score (nSPS) is 11.2. The van der Waals surface area contributed by atoms with Crippen LogP contribution in [0.15, 0.2) is 30.3 Å². The molecule has 2 aromatic rings. The molecule has 0 saturated carbocycles. The number of hydrogen-bond donors (Lipinski definition) is 1. The van der Waals surface area contributed by atoms with Crippen LogP contribution >= 0.6 is 0 Å². The zero-order chi connectivity index (χ0) is 17.9. The molecule has 1 amide bonds. The lowest BCUT2D eigenvalue weighted by atomic mass is 10.1. The fraction of sp³-hybridized carbons (Fsp3) is 0.421. The Morgan fingerprint density at radius 3 is 2.46 bits per heavy atom. The minimum atomic E-state index is -0.137. The summed E-state index contributed by atoms with van der Waals surface area (Å²) < 4.78 is 0. The minimum Gasteiger partial charge on any atom is -0.365 e. The van der Waals surface area contributed by atoms with E-state index in [1.54, 1.807) is 17.9 Å². The van der Waals surface area contributed by atoms with Crippen LogP contribution in [0.25, 0.3) is 0 Å². The molecular weight excluding hydrogens is 300 g/mol. The summed E-state index contributed by atoms with van der Waals surface area (Å²) in [5.74, 6) is 1.12. The highest BCUT2D eigenvalue weighted by atomic mass is 16.2. The molecule has 0 bridgehead atoms. The monoisotopic (exact) mass is 326 g/mol. The van der Waals surface area contributed by atoms with Crippen molar-refractivity contribution in [1.29, 1.82) is 0 Å². The van der Waals surface area contributed by atoms with Gasteiger partial charge >= 0.3 is 0 Å². The zero-order valence-corrected chi connectivity index (χ0v) is 15.3. The largest absolute Gasteiger partial charge is 0.365 e. The standard InChI is InChI=1S/C19H26N4O/c1-7-23(15-10-8-9-13(2)11-15)18(24)16-12-17(21-14(3)20-16)22-19(4,5)6/h8-12H,7H2,1-6H3,(H,20,21,22). The first-order chi connectivity index (χ1) is 11.2. The lowest BCUT2D eigenvalue weighted by Crippen LogP contribution is -2.32. The molecule has 2 rings (SSSR count). The summed E-state index contributed by atoms with van der Waals surface area (Å²) in [6, 6.07) is 9.64. The van der Waals surface area contributed by atoms with Crippen molar-refractivity contribution < 1.29 is 4.79 Å². The lowest BCUT2D eigenvalue weighted by Gasteiger charge is -2.23. The van der Waals surface area contributed by atoms with Gasteiger partial charge in [0.2, 0.25) is 0 Å². The molecule has 128 valence electrons. The van der Waals surface area contributed by atoms with Crippen LogP contribution in [0, 0.1) is 13.8 Å². The van der Waals surface area contributed by atoms with Gasteiger partial charge in [-0.2, -0.15) is 0 Å². The first-order valence-corrected chi connectivity index (χ1v) is 8.22. The predicted octanol–water partition coefficient (Wildman–Crippen LogP) is 3.97. The number of hydrogen-bond acceptors (Lipinski definition) is 4. The SMILES string of the molecule is CCN(C(=O)c1cc(NC(C)(C)C)nc(C)n1)c1cccc(C)c1. The van der Waals surface area contributed by atoms with Gasteiger partial charge in [0.15, 0.2) is 0 Å². The maximum absolute atomic E-state index is 13.0. The number of carbonyl (C=O) groups excluding carboxylic acids is 1. The molecule has 0 saturated heterocycles. The summed E-state index contributed by atoms with van der Waals surface area (Å²) in [5, 5.41) is 3.30. The number of benzene rings is 1. The van der Waals surface area contributed by atoms with Crippen molar-refractivity contribution in [2.24, 2.45) is 0 Å². The first kappa shape index (κ1) is 17.9. The van der Waals surface area contributed by atoms with E-state index >= 15 is 0 Å². The van der Waals surface area contributed by atoms with Crippen molar-refractivity contribution in [3.05, 3.63) is 47.4 Å². The summed E-state index contributed by atoms with van der Waals surface area (Å²) in [4.78, 5) is 23.4. The molecule has 1 heterocycles. The highest BCUT2D eigenvalue weighted by Gasteiger charge is 2.20. The van der Waals surface area contributed by atoms with Crippen LogP contribution in [0.3, 0.4) is 0 Å². The third kappa shape index (κ3) is 4.54. The van der Waals surface area contributed by atoms with Crippen molar-refractivity contribution in [3.8, 4) is 0 Å². The highest BCUT2D eigenvalue weighted by Crippen LogP contribution is 2.20. The van der Waals surface area contributed by atoms with Crippen molar-refractivity contribution in [2.75, 3.05) is 16.8 Å². The Balaban J connectivity index is 2.37. The highest BCUT2D eigenvalue weighted by molar-refractivity contribution is 6.05. The Morgan fingerprint density at radius 2 is 1.88 bits per heavy atom. The zero-order valence-electron chi connectivity index (χ0n) is 15.3. The molecule has 0 aliphatic carbocycles. The molecule has 5 nitrogen and oxygen atoms in total. The van der Waals surface area contributed by atoms with Crippen molar-refractivity contribution in [3.63, 3.8) is 0 Å². The number of anilines is 2. The molecule has 0 atom stereocenters. The number of nitrogens with zero attached hydrogens (tertiary/aromatic N) is 3. The lowest BCUT2D eigenvalue weighted by molar-refractivity contribution is 0.0983. The summed E-state index contributed by atoms with van der Waals surface area (Å²) in [5.41, 5.74) is 2.26. The fourth-order valence-electron chi connectivity index (χ4n) is 2.50. The van der Waals surface area contributed by atoms with Crippen LogP contribution in [0.2, 0.25) is 0 Å². The summed E-state index contributed by atoms with van der Waals surface area (Å²) in [6.45, 7) is 12.5. The van der Waals surface area contributed by atoms with E-state index in [9.17, 15) is 4.79 Å². The van der Waals surface area contributed by atoms with E-state index in [-0.39, 0.29) is 11.4 Å². The van der Waals surface area contributed by atoms with Gasteiger partial charge in [-0.15, -0.1) is 0 Å². The second-order valence-corrected chi connectivity index (χ2v) is 6.95. The Labute approximate surface area is 144 Å². The molecule has 0 unspecified atom stereocenters. The fourth-order valence-corrected chi connectivity index (χ4v) is 2.50. The molecule has 0 spiro atoms. The van der Waals surface area contributed by atoms with E-state index in [4.69, 9.17) is 0 Å². The van der Waals surface area contributed by atoms with Gasteiger partial charge in [-0.1, -0.05) is 12.1 Å². The quantitative estimate of drug-likeness (QED) is 0.923. The van der Waals surface area contributed by atoms with Gasteiger partial charge in [0.05, 0.1) is 0 Å². The summed E-state index contributed by atoms with van der Waals surface area (Å²) >= 11 is 0. The molecule has 0 fully saturated rings. The topological polar surface area (TPSA) is 58.1 Å². The molecule has 0 aliphatic heterocycles. The number of aromatic nitrogens is 2. The first-order valence-electron chi connectivity index (χ1n) is 8.22. The molecule has 1 aromatic carbocycles. The van der Waals surface area contributed by atoms with Crippen LogP contribution in [-0.2, 0) is 0 Å². The van der Waals surface area contributed by atoms with Gasteiger partial charge in [0.1, 0.15) is 17.3 Å². The number of nitrogens with one attached hydrogen (secondary N) is 1. The molecule has 5 heteroatoms. The van der Waals surface area contributed by atoms with E-state index in [1.807, 2.05) is 38.1 Å². The molecule has 24 heavy (non-hydrogen) atoms. The van der Waals surface area contributed by atoms with Crippen molar-refractivity contribution in [1.82, 2.24) is 9.97 Å². The molecule has 0 aliphatic rings. The number of amides is 1. The van der Waals surface area contributed by atoms with Gasteiger partial charge in [-0.3, -0.25) is 4.79 Å². The maximum atomic E-state index is 13.0. The van der Waals surface area contributed by atoms with Crippen LogP contribution in [0.4, 0.5) is 11.5 Å². The van der Waals surface area contributed by atoms with Crippen molar-refractivity contribution in [2.45, 2.75) is 47.1 Å². The van der Waals surface area contributed by atoms with E-state index in [0.29, 0.717) is 23.9 Å². The third-order valence-electron chi connectivity index (χ3n) is 3.43. The predicted molar refractivity (Wildman–Crippen MR) is 98.7 cm³/mol. The van der Waals surface area contributed by atoms with E-state index < -0.39 is 0 Å². The van der Waals surface area contributed by atoms with Gasteiger partial charge in [-0.05, 0) is 59.2 Å². The molecule has 1 N–H and O–H groups in total. The summed E-state index contributed by atoms with van der Waals surface area (Å²) in [7, 11) is 0. The Bertz CT molecular complexity index is 734. The smallest absolute Gasteiger partial charge is 0.277 e. The summed E-state index contributed by atoms with van der Waals surface area (Å²) in [6.07, 6.45) is 0. The number of aryl methyl sites for hydroxylation is 2. The van der Waals surface area contributed by atoms with Crippen LogP contribution < -0.4 is 10.2 Å². The van der Waals surface area contributed by atoms with Gasteiger partial charge in [0, 0.05) is 23.8 Å². The Hall–Kier alpha value is -2.43. The Morgan fingerprint density at radius 1 is 1.17 bits per heavy atom. The average Bonchev–Trinajstić information content (AvgIpc) is 2.45. The van der Waals surface area contributed by atoms with Gasteiger partial charge in [0.25, 0.3) is 5.91 Å². The molecule has 0 radical (unpaired) electrons. The average molecular weight is 326 g/mol.